The smallest absolute Gasteiger partial charge is 0.266 e. The first-order valence-electron chi connectivity index (χ1n) is 13.5. The summed E-state index contributed by atoms with van der Waals surface area (Å²) >= 11 is 1.43. The number of hydrogen-bond acceptors (Lipinski definition) is 6. The van der Waals surface area contributed by atoms with E-state index in [1.165, 1.54) is 28.4 Å². The van der Waals surface area contributed by atoms with Crippen molar-refractivity contribution in [3.8, 4) is 5.75 Å². The van der Waals surface area contributed by atoms with Gasteiger partial charge < -0.3 is 19.4 Å². The van der Waals surface area contributed by atoms with Crippen LogP contribution < -0.4 is 9.64 Å². The van der Waals surface area contributed by atoms with Gasteiger partial charge in [0.2, 0.25) is 0 Å². The number of aliphatic imine (C=N–C) groups is 1. The number of aryl methyl sites for hydroxylation is 1. The molecule has 0 unspecified atom stereocenters. The molecule has 2 aliphatic heterocycles. The number of nitrogens with zero attached hydrogens (tertiary/aromatic N) is 3. The summed E-state index contributed by atoms with van der Waals surface area (Å²) in [6.45, 7) is 5.92. The standard InChI is InChI=1S/C32H32N4O3S/c1-22-19-26(35-15-17-39-18-16-35)10-7-23(22)20-30-31(37)36(14-13-24-21-33-29-6-4-3-5-28(24)29)32(40-30)34-25-8-11-27(38-2)12-9-25/h3-12,19-21,33H,13-18H2,1-2H3. The van der Waals surface area contributed by atoms with E-state index in [4.69, 9.17) is 14.5 Å². The van der Waals surface area contributed by atoms with Crippen LogP contribution in [0.5, 0.6) is 5.75 Å². The van der Waals surface area contributed by atoms with Crippen LogP contribution in [-0.2, 0) is 16.0 Å². The van der Waals surface area contributed by atoms with E-state index in [1.807, 2.05) is 48.7 Å². The topological polar surface area (TPSA) is 70.2 Å². The largest absolute Gasteiger partial charge is 0.497 e. The van der Waals surface area contributed by atoms with Gasteiger partial charge in [-0.15, -0.1) is 0 Å². The Morgan fingerprint density at radius 2 is 1.88 bits per heavy atom. The van der Waals surface area contributed by atoms with Crippen LogP contribution in [0.3, 0.4) is 0 Å². The average Bonchev–Trinajstić information content (AvgIpc) is 3.53. The van der Waals surface area contributed by atoms with Crippen LogP contribution in [0.1, 0.15) is 16.7 Å². The maximum atomic E-state index is 13.8. The first-order valence-corrected chi connectivity index (χ1v) is 14.3. The fourth-order valence-electron chi connectivity index (χ4n) is 5.11. The van der Waals surface area contributed by atoms with Crippen LogP contribution >= 0.6 is 11.8 Å². The summed E-state index contributed by atoms with van der Waals surface area (Å²) in [6.07, 6.45) is 4.76. The Kier molecular flexibility index (Phi) is 7.62. The monoisotopic (exact) mass is 552 g/mol. The Morgan fingerprint density at radius 1 is 1.07 bits per heavy atom. The van der Waals surface area contributed by atoms with E-state index < -0.39 is 0 Å². The maximum Gasteiger partial charge on any atom is 0.266 e. The van der Waals surface area contributed by atoms with Gasteiger partial charge in [-0.25, -0.2) is 4.99 Å². The van der Waals surface area contributed by atoms with Gasteiger partial charge in [0.05, 0.1) is 30.9 Å². The lowest BCUT2D eigenvalue weighted by Crippen LogP contribution is -2.36. The second-order valence-electron chi connectivity index (χ2n) is 9.91. The Labute approximate surface area is 238 Å². The van der Waals surface area contributed by atoms with Crippen LogP contribution in [0, 0.1) is 6.92 Å². The van der Waals surface area contributed by atoms with Crippen molar-refractivity contribution < 1.29 is 14.3 Å². The fourth-order valence-corrected chi connectivity index (χ4v) is 6.12. The number of fused-ring (bicyclic) bond motifs is 1. The molecule has 8 heteroatoms. The molecule has 4 aromatic rings. The minimum absolute atomic E-state index is 0.0197. The molecule has 2 saturated heterocycles. The molecule has 0 aliphatic carbocycles. The summed E-state index contributed by atoms with van der Waals surface area (Å²) in [7, 11) is 1.64. The highest BCUT2D eigenvalue weighted by molar-refractivity contribution is 8.18. The van der Waals surface area contributed by atoms with Crippen molar-refractivity contribution >= 4 is 51.2 Å². The van der Waals surface area contributed by atoms with Crippen LogP contribution in [0.4, 0.5) is 11.4 Å². The van der Waals surface area contributed by atoms with Crippen molar-refractivity contribution in [1.82, 2.24) is 9.88 Å². The number of anilines is 1. The average molecular weight is 553 g/mol. The van der Waals surface area contributed by atoms with Crippen molar-refractivity contribution in [2.24, 2.45) is 4.99 Å². The summed E-state index contributed by atoms with van der Waals surface area (Å²) in [5.74, 6) is 0.751. The molecule has 2 aliphatic rings. The molecule has 1 amide bonds. The van der Waals surface area contributed by atoms with Crippen LogP contribution in [-0.4, -0.2) is 60.9 Å². The lowest BCUT2D eigenvalue weighted by molar-refractivity contribution is -0.122. The number of morpholine rings is 1. The third kappa shape index (κ3) is 5.50. The number of aromatic amines is 1. The maximum absolute atomic E-state index is 13.8. The zero-order chi connectivity index (χ0) is 27.5. The molecule has 2 fully saturated rings. The summed E-state index contributed by atoms with van der Waals surface area (Å²) in [6, 6.07) is 22.3. The van der Waals surface area contributed by atoms with Gasteiger partial charge in [0.15, 0.2) is 5.17 Å². The number of H-pyrrole nitrogens is 1. The Bertz CT molecular complexity index is 1590. The highest BCUT2D eigenvalue weighted by atomic mass is 32.2. The minimum atomic E-state index is -0.0197. The predicted molar refractivity (Wildman–Crippen MR) is 164 cm³/mol. The van der Waals surface area contributed by atoms with Crippen LogP contribution in [0.25, 0.3) is 17.0 Å². The van der Waals surface area contributed by atoms with E-state index in [0.717, 1.165) is 60.8 Å². The lowest BCUT2D eigenvalue weighted by Gasteiger charge is -2.29. The SMILES string of the molecule is COc1ccc(N=C2SC(=Cc3ccc(N4CCOCC4)cc3C)C(=O)N2CCc2c[nH]c3ccccc23)cc1. The molecular formula is C32H32N4O3S. The zero-order valence-electron chi connectivity index (χ0n) is 22.7. The number of carbonyl (C=O) groups is 1. The van der Waals surface area contributed by atoms with Gasteiger partial charge in [-0.2, -0.15) is 0 Å². The van der Waals surface area contributed by atoms with Gasteiger partial charge in [-0.1, -0.05) is 24.3 Å². The molecule has 0 bridgehead atoms. The summed E-state index contributed by atoms with van der Waals surface area (Å²) in [5.41, 5.74) is 6.43. The molecule has 1 N–H and O–H groups in total. The lowest BCUT2D eigenvalue weighted by atomic mass is 10.1. The zero-order valence-corrected chi connectivity index (χ0v) is 23.5. The van der Waals surface area contributed by atoms with Crippen molar-refractivity contribution in [2.45, 2.75) is 13.3 Å². The van der Waals surface area contributed by atoms with Gasteiger partial charge in [0, 0.05) is 42.4 Å². The second-order valence-corrected chi connectivity index (χ2v) is 10.9. The molecule has 3 heterocycles. The molecule has 0 saturated carbocycles. The molecule has 3 aromatic carbocycles. The van der Waals surface area contributed by atoms with E-state index in [9.17, 15) is 4.79 Å². The highest BCUT2D eigenvalue weighted by Gasteiger charge is 2.33. The summed E-state index contributed by atoms with van der Waals surface area (Å²) in [5, 5.41) is 1.87. The van der Waals surface area contributed by atoms with E-state index >= 15 is 0 Å². The number of aromatic nitrogens is 1. The Balaban J connectivity index is 1.28. The van der Waals surface area contributed by atoms with Crippen molar-refractivity contribution in [1.29, 1.82) is 0 Å². The molecular weight excluding hydrogens is 520 g/mol. The number of benzene rings is 3. The predicted octanol–water partition coefficient (Wildman–Crippen LogP) is 6.17. The van der Waals surface area contributed by atoms with Crippen molar-refractivity contribution in [2.75, 3.05) is 44.9 Å². The number of thioether (sulfide) groups is 1. The molecule has 1 aromatic heterocycles. The molecule has 204 valence electrons. The Morgan fingerprint density at radius 3 is 2.65 bits per heavy atom. The van der Waals surface area contributed by atoms with Crippen LogP contribution in [0.15, 0.2) is 82.8 Å². The van der Waals surface area contributed by atoms with Crippen LogP contribution in [0.2, 0.25) is 0 Å². The molecule has 0 atom stereocenters. The highest BCUT2D eigenvalue weighted by Crippen LogP contribution is 2.36. The van der Waals surface area contributed by atoms with E-state index in [2.05, 4.69) is 47.1 Å². The number of rotatable bonds is 7. The summed E-state index contributed by atoms with van der Waals surface area (Å²) in [4.78, 5) is 26.8. The van der Waals surface area contributed by atoms with Crippen molar-refractivity contribution in [3.63, 3.8) is 0 Å². The molecule has 6 rings (SSSR count). The number of hydrogen-bond donors (Lipinski definition) is 1. The third-order valence-electron chi connectivity index (χ3n) is 7.38. The van der Waals surface area contributed by atoms with Gasteiger partial charge in [-0.05, 0) is 90.3 Å². The van der Waals surface area contributed by atoms with E-state index in [-0.39, 0.29) is 5.91 Å². The normalized spacial score (nSPS) is 17.9. The third-order valence-corrected chi connectivity index (χ3v) is 8.39. The fraction of sp³-hybridized carbons (Fsp3) is 0.250. The van der Waals surface area contributed by atoms with Gasteiger partial charge in [0.1, 0.15) is 5.75 Å². The number of ether oxygens (including phenoxy) is 2. The minimum Gasteiger partial charge on any atom is -0.497 e. The molecule has 7 nitrogen and oxygen atoms in total. The van der Waals surface area contributed by atoms with E-state index in [1.54, 1.807) is 12.0 Å². The number of amidine groups is 1. The second kappa shape index (κ2) is 11.6. The quantitative estimate of drug-likeness (QED) is 0.278. The molecule has 0 spiro atoms. The Hall–Kier alpha value is -4.01. The number of carbonyl (C=O) groups excluding carboxylic acids is 1. The van der Waals surface area contributed by atoms with Crippen molar-refractivity contribution in [3.05, 3.63) is 94.5 Å². The number of amides is 1. The molecule has 0 radical (unpaired) electrons. The van der Waals surface area contributed by atoms with Gasteiger partial charge in [-0.3, -0.25) is 9.69 Å². The van der Waals surface area contributed by atoms with Gasteiger partial charge >= 0.3 is 0 Å². The first kappa shape index (κ1) is 26.2. The number of methoxy groups -OCH3 is 1. The summed E-state index contributed by atoms with van der Waals surface area (Å²) < 4.78 is 10.8. The van der Waals surface area contributed by atoms with E-state index in [0.29, 0.717) is 16.6 Å². The van der Waals surface area contributed by atoms with Gasteiger partial charge in [0.25, 0.3) is 5.91 Å². The first-order chi connectivity index (χ1) is 19.6. The molecule has 40 heavy (non-hydrogen) atoms. The number of para-hydroxylation sites is 1. The number of nitrogens with one attached hydrogen (secondary N) is 1.